The molecule has 9 heteroatoms. The lowest BCUT2D eigenvalue weighted by molar-refractivity contribution is -0.192. The molecule has 0 radical (unpaired) electrons. The van der Waals surface area contributed by atoms with E-state index in [1.807, 2.05) is 12.3 Å². The number of aromatic nitrogens is 1. The average molecular weight is 376 g/mol. The number of likely N-dealkylation sites (tertiary alicyclic amines) is 1. The molecular weight excluding hydrogens is 353 g/mol. The lowest BCUT2D eigenvalue weighted by Gasteiger charge is -2.35. The van der Waals surface area contributed by atoms with Gasteiger partial charge in [0.15, 0.2) is 0 Å². The van der Waals surface area contributed by atoms with Crippen molar-refractivity contribution in [1.29, 1.82) is 0 Å². The predicted molar refractivity (Wildman–Crippen MR) is 86.5 cm³/mol. The highest BCUT2D eigenvalue weighted by Gasteiger charge is 2.40. The summed E-state index contributed by atoms with van der Waals surface area (Å²) in [6, 6.07) is 6.69. The van der Waals surface area contributed by atoms with Crippen LogP contribution in [0.3, 0.4) is 0 Å². The summed E-state index contributed by atoms with van der Waals surface area (Å²) < 4.78 is 43.1. The van der Waals surface area contributed by atoms with Gasteiger partial charge in [-0.1, -0.05) is 6.07 Å². The first kappa shape index (κ1) is 20.6. The van der Waals surface area contributed by atoms with Gasteiger partial charge in [0.05, 0.1) is 24.5 Å². The summed E-state index contributed by atoms with van der Waals surface area (Å²) >= 11 is 0. The molecule has 0 amide bonds. The topological polar surface area (TPSA) is 71.9 Å². The molecule has 0 bridgehead atoms. The Hall–Kier alpha value is -1.71. The van der Waals surface area contributed by atoms with Crippen LogP contribution in [0.1, 0.15) is 25.0 Å². The number of rotatable bonds is 4. The first-order valence-corrected chi connectivity index (χ1v) is 8.39. The fourth-order valence-electron chi connectivity index (χ4n) is 3.29. The molecule has 26 heavy (non-hydrogen) atoms. The maximum Gasteiger partial charge on any atom is 0.490 e. The van der Waals surface area contributed by atoms with Gasteiger partial charge in [-0.05, 0) is 31.4 Å². The SMILES string of the molecule is COC[C@H]1CC[C@@H]2[C@@H](CCN2Cc2ccccn2)O1.O=C(O)C(F)(F)F. The number of fused-ring (bicyclic) bond motifs is 1. The van der Waals surface area contributed by atoms with Gasteiger partial charge in [-0.2, -0.15) is 13.2 Å². The van der Waals surface area contributed by atoms with Crippen LogP contribution in [-0.4, -0.2) is 65.6 Å². The zero-order valence-electron chi connectivity index (χ0n) is 14.5. The maximum atomic E-state index is 10.6. The van der Waals surface area contributed by atoms with Crippen LogP contribution in [0.2, 0.25) is 0 Å². The van der Waals surface area contributed by atoms with E-state index in [1.165, 1.54) is 6.42 Å². The molecular formula is C17H23F3N2O4. The molecule has 3 heterocycles. The van der Waals surface area contributed by atoms with Gasteiger partial charge in [-0.25, -0.2) is 4.79 Å². The molecule has 2 saturated heterocycles. The minimum absolute atomic E-state index is 0.293. The van der Waals surface area contributed by atoms with Gasteiger partial charge in [-0.3, -0.25) is 9.88 Å². The number of aliphatic carboxylic acids is 1. The molecule has 1 aromatic heterocycles. The van der Waals surface area contributed by atoms with Gasteiger partial charge < -0.3 is 14.6 Å². The number of alkyl halides is 3. The molecule has 2 aliphatic heterocycles. The third-order valence-electron chi connectivity index (χ3n) is 4.44. The van der Waals surface area contributed by atoms with E-state index in [9.17, 15) is 13.2 Å². The summed E-state index contributed by atoms with van der Waals surface area (Å²) in [5.74, 6) is -2.76. The highest BCUT2D eigenvalue weighted by molar-refractivity contribution is 5.73. The van der Waals surface area contributed by atoms with Crippen LogP contribution in [-0.2, 0) is 20.8 Å². The Morgan fingerprint density at radius 1 is 1.38 bits per heavy atom. The Bertz CT molecular complexity index is 571. The lowest BCUT2D eigenvalue weighted by atomic mass is 9.99. The minimum Gasteiger partial charge on any atom is -0.475 e. The van der Waals surface area contributed by atoms with Crippen LogP contribution in [0, 0.1) is 0 Å². The van der Waals surface area contributed by atoms with E-state index in [0.717, 1.165) is 38.2 Å². The van der Waals surface area contributed by atoms with Crippen LogP contribution in [0.15, 0.2) is 24.4 Å². The Labute approximate surface area is 149 Å². The second-order valence-electron chi connectivity index (χ2n) is 6.28. The summed E-state index contributed by atoms with van der Waals surface area (Å²) in [5.41, 5.74) is 1.15. The number of carboxylic acids is 1. The van der Waals surface area contributed by atoms with E-state index in [4.69, 9.17) is 19.4 Å². The summed E-state index contributed by atoms with van der Waals surface area (Å²) in [5, 5.41) is 7.12. The Balaban J connectivity index is 0.000000298. The quantitative estimate of drug-likeness (QED) is 0.871. The molecule has 3 atom stereocenters. The molecule has 0 saturated carbocycles. The number of carbonyl (C=O) groups is 1. The first-order valence-electron chi connectivity index (χ1n) is 8.39. The van der Waals surface area contributed by atoms with Crippen LogP contribution in [0.4, 0.5) is 13.2 Å². The highest BCUT2D eigenvalue weighted by Crippen LogP contribution is 2.32. The molecule has 0 aliphatic carbocycles. The fraction of sp³-hybridized carbons (Fsp3) is 0.647. The number of pyridine rings is 1. The summed E-state index contributed by atoms with van der Waals surface area (Å²) in [7, 11) is 1.75. The number of nitrogens with zero attached hydrogens (tertiary/aromatic N) is 2. The minimum atomic E-state index is -5.08. The summed E-state index contributed by atoms with van der Waals surface area (Å²) in [6.45, 7) is 2.79. The molecule has 1 N–H and O–H groups in total. The first-order chi connectivity index (χ1) is 12.3. The second-order valence-corrected chi connectivity index (χ2v) is 6.28. The van der Waals surface area contributed by atoms with Crippen molar-refractivity contribution in [1.82, 2.24) is 9.88 Å². The normalized spacial score (nSPS) is 25.9. The molecule has 6 nitrogen and oxygen atoms in total. The Morgan fingerprint density at radius 3 is 2.69 bits per heavy atom. The van der Waals surface area contributed by atoms with Crippen molar-refractivity contribution < 1.29 is 32.5 Å². The summed E-state index contributed by atoms with van der Waals surface area (Å²) in [6.07, 6.45) is 0.921. The van der Waals surface area contributed by atoms with Crippen molar-refractivity contribution in [2.45, 2.75) is 50.2 Å². The molecule has 0 spiro atoms. The van der Waals surface area contributed by atoms with Crippen LogP contribution in [0.5, 0.6) is 0 Å². The van der Waals surface area contributed by atoms with Gasteiger partial charge >= 0.3 is 12.1 Å². The standard InChI is InChI=1S/C15H22N2O2.C2HF3O2/c1-18-11-13-5-6-14-15(19-13)7-9-17(14)10-12-4-2-3-8-16-12;3-2(4,5)1(6)7/h2-4,8,13-15H,5-7,9-11H2,1H3;(H,6,7)/t13-,14-,15-;/m1./s1. The number of methoxy groups -OCH3 is 1. The van der Waals surface area contributed by atoms with E-state index < -0.39 is 12.1 Å². The maximum absolute atomic E-state index is 10.6. The van der Waals surface area contributed by atoms with Gasteiger partial charge in [-0.15, -0.1) is 0 Å². The van der Waals surface area contributed by atoms with Crippen molar-refractivity contribution in [3.05, 3.63) is 30.1 Å². The van der Waals surface area contributed by atoms with Crippen molar-refractivity contribution in [3.63, 3.8) is 0 Å². The van der Waals surface area contributed by atoms with Crippen LogP contribution < -0.4 is 0 Å². The van der Waals surface area contributed by atoms with Crippen molar-refractivity contribution in [2.24, 2.45) is 0 Å². The molecule has 146 valence electrons. The van der Waals surface area contributed by atoms with E-state index in [0.29, 0.717) is 18.2 Å². The number of ether oxygens (including phenoxy) is 2. The zero-order valence-corrected chi connectivity index (χ0v) is 14.5. The largest absolute Gasteiger partial charge is 0.490 e. The second kappa shape index (κ2) is 9.29. The fourth-order valence-corrected chi connectivity index (χ4v) is 3.29. The van der Waals surface area contributed by atoms with E-state index in [-0.39, 0.29) is 0 Å². The van der Waals surface area contributed by atoms with E-state index in [2.05, 4.69) is 22.0 Å². The molecule has 0 aromatic carbocycles. The van der Waals surface area contributed by atoms with E-state index >= 15 is 0 Å². The van der Waals surface area contributed by atoms with Crippen LogP contribution >= 0.6 is 0 Å². The third-order valence-corrected chi connectivity index (χ3v) is 4.44. The van der Waals surface area contributed by atoms with Crippen molar-refractivity contribution in [3.8, 4) is 0 Å². The molecule has 2 fully saturated rings. The van der Waals surface area contributed by atoms with Gasteiger partial charge in [0.2, 0.25) is 0 Å². The number of carboxylic acid groups (broad SMARTS) is 1. The third kappa shape index (κ3) is 5.93. The molecule has 1 aromatic rings. The Kier molecular flexibility index (Phi) is 7.36. The Morgan fingerprint density at radius 2 is 2.12 bits per heavy atom. The lowest BCUT2D eigenvalue weighted by Crippen LogP contribution is -2.43. The predicted octanol–water partition coefficient (Wildman–Crippen LogP) is 2.48. The molecule has 3 rings (SSSR count). The van der Waals surface area contributed by atoms with Gasteiger partial charge in [0.25, 0.3) is 0 Å². The van der Waals surface area contributed by atoms with Crippen LogP contribution in [0.25, 0.3) is 0 Å². The molecule has 0 unspecified atom stereocenters. The van der Waals surface area contributed by atoms with E-state index in [1.54, 1.807) is 7.11 Å². The zero-order chi connectivity index (χ0) is 19.2. The number of halogens is 3. The number of hydrogen-bond donors (Lipinski definition) is 1. The number of hydrogen-bond acceptors (Lipinski definition) is 5. The van der Waals surface area contributed by atoms with Gasteiger partial charge in [0, 0.05) is 32.4 Å². The smallest absolute Gasteiger partial charge is 0.475 e. The van der Waals surface area contributed by atoms with Gasteiger partial charge in [0.1, 0.15) is 0 Å². The molecule has 2 aliphatic rings. The van der Waals surface area contributed by atoms with Crippen molar-refractivity contribution >= 4 is 5.97 Å². The summed E-state index contributed by atoms with van der Waals surface area (Å²) in [4.78, 5) is 15.8. The highest BCUT2D eigenvalue weighted by atomic mass is 19.4. The average Bonchev–Trinajstić information content (AvgIpc) is 2.98. The van der Waals surface area contributed by atoms with Crippen molar-refractivity contribution in [2.75, 3.05) is 20.3 Å². The monoisotopic (exact) mass is 376 g/mol.